The van der Waals surface area contributed by atoms with E-state index in [4.69, 9.17) is 4.74 Å². The molecule has 0 bridgehead atoms. The predicted octanol–water partition coefficient (Wildman–Crippen LogP) is 2.19. The number of rotatable bonds is 4. The van der Waals surface area contributed by atoms with Gasteiger partial charge in [0.05, 0.1) is 6.10 Å². The zero-order valence-electron chi connectivity index (χ0n) is 9.18. The highest BCUT2D eigenvalue weighted by Crippen LogP contribution is 2.26. The van der Waals surface area contributed by atoms with Crippen LogP contribution in [0.5, 0.6) is 0 Å². The maximum absolute atomic E-state index is 5.76. The number of hydrogen-bond acceptors (Lipinski definition) is 2. The van der Waals surface area contributed by atoms with Gasteiger partial charge in [-0.2, -0.15) is 0 Å². The molecule has 2 heteroatoms. The van der Waals surface area contributed by atoms with Gasteiger partial charge >= 0.3 is 0 Å². The normalized spacial score (nSPS) is 34.8. The maximum Gasteiger partial charge on any atom is 0.0730 e. The summed E-state index contributed by atoms with van der Waals surface area (Å²) in [4.78, 5) is 0. The first kappa shape index (κ1) is 11.0. The molecule has 78 valence electrons. The summed E-state index contributed by atoms with van der Waals surface area (Å²) < 4.78 is 5.76. The Hall–Kier alpha value is -0.0800. The zero-order chi connectivity index (χ0) is 9.68. The molecule has 1 fully saturated rings. The van der Waals surface area contributed by atoms with E-state index >= 15 is 0 Å². The van der Waals surface area contributed by atoms with Crippen molar-refractivity contribution in [3.05, 3.63) is 0 Å². The van der Waals surface area contributed by atoms with E-state index in [2.05, 4.69) is 26.1 Å². The van der Waals surface area contributed by atoms with Gasteiger partial charge in [-0.1, -0.05) is 13.8 Å². The minimum Gasteiger partial charge on any atom is -0.377 e. The third kappa shape index (κ3) is 3.28. The van der Waals surface area contributed by atoms with Crippen LogP contribution in [0.15, 0.2) is 0 Å². The molecule has 0 aromatic rings. The maximum atomic E-state index is 5.76. The molecule has 0 saturated heterocycles. The second-order valence-corrected chi connectivity index (χ2v) is 4.08. The molecule has 1 rings (SSSR count). The summed E-state index contributed by atoms with van der Waals surface area (Å²) in [7, 11) is 0. The number of likely N-dealkylation sites (N-methyl/N-ethyl adjacent to an activating group) is 1. The van der Waals surface area contributed by atoms with Crippen LogP contribution in [0.3, 0.4) is 0 Å². The summed E-state index contributed by atoms with van der Waals surface area (Å²) in [5.41, 5.74) is 0. The van der Waals surface area contributed by atoms with E-state index in [1.54, 1.807) is 0 Å². The first-order valence-corrected chi connectivity index (χ1v) is 5.62. The van der Waals surface area contributed by atoms with Gasteiger partial charge in [0.1, 0.15) is 0 Å². The van der Waals surface area contributed by atoms with Crippen molar-refractivity contribution in [3.8, 4) is 0 Å². The highest BCUT2D eigenvalue weighted by molar-refractivity contribution is 4.84. The Labute approximate surface area is 82.0 Å². The van der Waals surface area contributed by atoms with Crippen LogP contribution in [-0.2, 0) is 4.74 Å². The quantitative estimate of drug-likeness (QED) is 0.725. The highest BCUT2D eigenvalue weighted by Gasteiger charge is 2.27. The fourth-order valence-electron chi connectivity index (χ4n) is 2.22. The molecular formula is C11H23NO. The van der Waals surface area contributed by atoms with Gasteiger partial charge in [0, 0.05) is 12.6 Å². The standard InChI is InChI=1S/C11H23NO/c1-4-12-10-7-6-9(3)8-11(10)13-5-2/h9-12H,4-8H2,1-3H3. The van der Waals surface area contributed by atoms with Crippen molar-refractivity contribution in [2.45, 2.75) is 52.2 Å². The van der Waals surface area contributed by atoms with Crippen LogP contribution < -0.4 is 5.32 Å². The molecule has 1 saturated carbocycles. The highest BCUT2D eigenvalue weighted by atomic mass is 16.5. The molecular weight excluding hydrogens is 162 g/mol. The van der Waals surface area contributed by atoms with Crippen molar-refractivity contribution >= 4 is 0 Å². The van der Waals surface area contributed by atoms with Crippen molar-refractivity contribution in [2.75, 3.05) is 13.2 Å². The molecule has 2 nitrogen and oxygen atoms in total. The van der Waals surface area contributed by atoms with E-state index in [0.717, 1.165) is 19.1 Å². The van der Waals surface area contributed by atoms with Crippen LogP contribution >= 0.6 is 0 Å². The molecule has 13 heavy (non-hydrogen) atoms. The monoisotopic (exact) mass is 185 g/mol. The topological polar surface area (TPSA) is 21.3 Å². The smallest absolute Gasteiger partial charge is 0.0730 e. The molecule has 1 aliphatic carbocycles. The van der Waals surface area contributed by atoms with Crippen molar-refractivity contribution in [2.24, 2.45) is 5.92 Å². The molecule has 0 aromatic carbocycles. The lowest BCUT2D eigenvalue weighted by Crippen LogP contribution is -2.45. The van der Waals surface area contributed by atoms with Crippen LogP contribution in [0.1, 0.15) is 40.0 Å². The molecule has 3 atom stereocenters. The first-order valence-electron chi connectivity index (χ1n) is 5.62. The van der Waals surface area contributed by atoms with Gasteiger partial charge in [0.2, 0.25) is 0 Å². The van der Waals surface area contributed by atoms with E-state index in [-0.39, 0.29) is 0 Å². The van der Waals surface area contributed by atoms with E-state index in [0.29, 0.717) is 12.1 Å². The van der Waals surface area contributed by atoms with Gasteiger partial charge in [0.15, 0.2) is 0 Å². The third-order valence-corrected chi connectivity index (χ3v) is 2.90. The molecule has 1 N–H and O–H groups in total. The van der Waals surface area contributed by atoms with Crippen LogP contribution in [0, 0.1) is 5.92 Å². The average Bonchev–Trinajstić information content (AvgIpc) is 2.10. The van der Waals surface area contributed by atoms with Crippen molar-refractivity contribution in [1.29, 1.82) is 0 Å². The number of ether oxygens (including phenoxy) is 1. The minimum absolute atomic E-state index is 0.452. The van der Waals surface area contributed by atoms with Crippen LogP contribution in [0.4, 0.5) is 0 Å². The Morgan fingerprint density at radius 1 is 1.31 bits per heavy atom. The lowest BCUT2D eigenvalue weighted by molar-refractivity contribution is -0.000537. The summed E-state index contributed by atoms with van der Waals surface area (Å²) in [5.74, 6) is 0.839. The van der Waals surface area contributed by atoms with Gasteiger partial charge in [-0.15, -0.1) is 0 Å². The van der Waals surface area contributed by atoms with Crippen LogP contribution in [0.2, 0.25) is 0 Å². The van der Waals surface area contributed by atoms with Gasteiger partial charge < -0.3 is 10.1 Å². The third-order valence-electron chi connectivity index (χ3n) is 2.90. The van der Waals surface area contributed by atoms with Crippen molar-refractivity contribution in [3.63, 3.8) is 0 Å². The molecule has 1 aliphatic rings. The number of hydrogen-bond donors (Lipinski definition) is 1. The Morgan fingerprint density at radius 2 is 2.08 bits per heavy atom. The SMILES string of the molecule is CCNC1CCC(C)CC1OCC. The number of nitrogens with one attached hydrogen (secondary N) is 1. The molecule has 3 unspecified atom stereocenters. The van der Waals surface area contributed by atoms with Crippen LogP contribution in [-0.4, -0.2) is 25.3 Å². The summed E-state index contributed by atoms with van der Waals surface area (Å²) in [5, 5.41) is 3.51. The van der Waals surface area contributed by atoms with E-state index in [1.807, 2.05) is 0 Å². The Balaban J connectivity index is 2.40. The van der Waals surface area contributed by atoms with Gasteiger partial charge in [-0.3, -0.25) is 0 Å². The van der Waals surface area contributed by atoms with E-state index < -0.39 is 0 Å². The minimum atomic E-state index is 0.452. The Kier molecular flexibility index (Phi) is 4.74. The van der Waals surface area contributed by atoms with Crippen LogP contribution in [0.25, 0.3) is 0 Å². The lowest BCUT2D eigenvalue weighted by atomic mass is 9.85. The van der Waals surface area contributed by atoms with Crippen molar-refractivity contribution in [1.82, 2.24) is 5.32 Å². The largest absolute Gasteiger partial charge is 0.377 e. The molecule has 0 spiro atoms. The first-order chi connectivity index (χ1) is 6.27. The second kappa shape index (κ2) is 5.61. The summed E-state index contributed by atoms with van der Waals surface area (Å²) >= 11 is 0. The van der Waals surface area contributed by atoms with E-state index in [1.165, 1.54) is 19.3 Å². The fourth-order valence-corrected chi connectivity index (χ4v) is 2.22. The summed E-state index contributed by atoms with van der Waals surface area (Å²) in [6, 6.07) is 0.598. The van der Waals surface area contributed by atoms with Gasteiger partial charge in [-0.05, 0) is 38.6 Å². The molecule has 0 aliphatic heterocycles. The summed E-state index contributed by atoms with van der Waals surface area (Å²) in [6.45, 7) is 8.49. The van der Waals surface area contributed by atoms with Gasteiger partial charge in [-0.25, -0.2) is 0 Å². The lowest BCUT2D eigenvalue weighted by Gasteiger charge is -2.35. The fraction of sp³-hybridized carbons (Fsp3) is 1.00. The summed E-state index contributed by atoms with van der Waals surface area (Å²) in [6.07, 6.45) is 4.31. The second-order valence-electron chi connectivity index (χ2n) is 4.08. The predicted molar refractivity (Wildman–Crippen MR) is 55.9 cm³/mol. The van der Waals surface area contributed by atoms with Gasteiger partial charge in [0.25, 0.3) is 0 Å². The molecule has 0 radical (unpaired) electrons. The van der Waals surface area contributed by atoms with Crippen molar-refractivity contribution < 1.29 is 4.74 Å². The van der Waals surface area contributed by atoms with E-state index in [9.17, 15) is 0 Å². The zero-order valence-corrected chi connectivity index (χ0v) is 9.18. The molecule has 0 amide bonds. The Morgan fingerprint density at radius 3 is 2.69 bits per heavy atom. The molecule has 0 aromatic heterocycles. The Bertz CT molecular complexity index is 138. The average molecular weight is 185 g/mol. The molecule has 0 heterocycles.